The second-order valence-electron chi connectivity index (χ2n) is 5.86. The maximum absolute atomic E-state index is 13.0. The van der Waals surface area contributed by atoms with Gasteiger partial charge in [-0.05, 0) is 24.6 Å². The quantitative estimate of drug-likeness (QED) is 0.851. The first-order valence-electron chi connectivity index (χ1n) is 7.72. The number of aromatic nitrogens is 2. The van der Waals surface area contributed by atoms with Crippen LogP contribution in [-0.2, 0) is 24.9 Å². The molecule has 4 nitrogen and oxygen atoms in total. The van der Waals surface area contributed by atoms with Crippen LogP contribution >= 0.6 is 0 Å². The molecule has 0 amide bonds. The van der Waals surface area contributed by atoms with E-state index in [0.717, 1.165) is 44.1 Å². The van der Waals surface area contributed by atoms with Gasteiger partial charge in [0.05, 0.1) is 12.3 Å². The topological polar surface area (TPSA) is 30.3 Å². The fourth-order valence-electron chi connectivity index (χ4n) is 3.07. The predicted molar refractivity (Wildman–Crippen MR) is 83.0 cm³/mol. The zero-order valence-electron chi connectivity index (χ0n) is 13.1. The van der Waals surface area contributed by atoms with Crippen LogP contribution in [0.2, 0.25) is 0 Å². The molecule has 1 atom stereocenters. The molecule has 2 aromatic rings. The summed E-state index contributed by atoms with van der Waals surface area (Å²) in [6.45, 7) is 6.04. The molecule has 3 rings (SSSR count). The molecule has 0 bridgehead atoms. The molecule has 22 heavy (non-hydrogen) atoms. The predicted octanol–water partition coefficient (Wildman–Crippen LogP) is 2.70. The van der Waals surface area contributed by atoms with E-state index in [1.54, 1.807) is 0 Å². The highest BCUT2D eigenvalue weighted by atomic mass is 19.1. The highest BCUT2D eigenvalue weighted by Crippen LogP contribution is 2.28. The van der Waals surface area contributed by atoms with Crippen LogP contribution in [0, 0.1) is 5.82 Å². The number of fused-ring (bicyclic) bond motifs is 1. The Morgan fingerprint density at radius 1 is 1.32 bits per heavy atom. The first kappa shape index (κ1) is 15.2. The van der Waals surface area contributed by atoms with Crippen molar-refractivity contribution in [2.45, 2.75) is 25.9 Å². The second-order valence-corrected chi connectivity index (χ2v) is 5.86. The SMILES string of the molecule is CCOC[C@H]1CN(Cc2ccc(F)cc2)Cc2nn(C)cc21. The van der Waals surface area contributed by atoms with Crippen molar-refractivity contribution in [3.05, 3.63) is 53.1 Å². The molecule has 0 N–H and O–H groups in total. The lowest BCUT2D eigenvalue weighted by Crippen LogP contribution is -2.34. The van der Waals surface area contributed by atoms with E-state index in [1.807, 2.05) is 30.8 Å². The number of benzene rings is 1. The van der Waals surface area contributed by atoms with Crippen LogP contribution in [0.25, 0.3) is 0 Å². The average molecular weight is 303 g/mol. The number of rotatable bonds is 5. The Bertz CT molecular complexity index is 623. The number of aryl methyl sites for hydroxylation is 1. The molecule has 0 aliphatic carbocycles. The zero-order valence-corrected chi connectivity index (χ0v) is 13.1. The van der Waals surface area contributed by atoms with E-state index in [4.69, 9.17) is 4.74 Å². The molecule has 5 heteroatoms. The van der Waals surface area contributed by atoms with Gasteiger partial charge >= 0.3 is 0 Å². The third-order valence-electron chi connectivity index (χ3n) is 4.07. The summed E-state index contributed by atoms with van der Waals surface area (Å²) in [5.41, 5.74) is 3.54. The summed E-state index contributed by atoms with van der Waals surface area (Å²) < 4.78 is 20.5. The lowest BCUT2D eigenvalue weighted by atomic mass is 9.95. The van der Waals surface area contributed by atoms with Crippen molar-refractivity contribution in [2.75, 3.05) is 19.8 Å². The Morgan fingerprint density at radius 3 is 2.82 bits per heavy atom. The van der Waals surface area contributed by atoms with E-state index in [-0.39, 0.29) is 5.82 Å². The summed E-state index contributed by atoms with van der Waals surface area (Å²) >= 11 is 0. The van der Waals surface area contributed by atoms with Gasteiger partial charge in [0.2, 0.25) is 0 Å². The maximum Gasteiger partial charge on any atom is 0.123 e. The van der Waals surface area contributed by atoms with Gasteiger partial charge in [-0.15, -0.1) is 0 Å². The summed E-state index contributed by atoms with van der Waals surface area (Å²) in [5.74, 6) is 0.154. The lowest BCUT2D eigenvalue weighted by Gasteiger charge is -2.32. The number of hydrogen-bond donors (Lipinski definition) is 0. The lowest BCUT2D eigenvalue weighted by molar-refractivity contribution is 0.105. The molecule has 1 aromatic carbocycles. The molecule has 0 saturated carbocycles. The van der Waals surface area contributed by atoms with Gasteiger partial charge in [-0.3, -0.25) is 9.58 Å². The van der Waals surface area contributed by atoms with Crippen molar-refractivity contribution in [2.24, 2.45) is 7.05 Å². The normalized spacial score (nSPS) is 18.4. The highest BCUT2D eigenvalue weighted by Gasteiger charge is 2.28. The molecule has 0 radical (unpaired) electrons. The Balaban J connectivity index is 1.75. The second kappa shape index (κ2) is 6.58. The van der Waals surface area contributed by atoms with Crippen molar-refractivity contribution >= 4 is 0 Å². The van der Waals surface area contributed by atoms with Gasteiger partial charge in [0.1, 0.15) is 5.82 Å². The number of hydrogen-bond acceptors (Lipinski definition) is 3. The molecule has 0 fully saturated rings. The van der Waals surface area contributed by atoms with Gasteiger partial charge in [0.25, 0.3) is 0 Å². The van der Waals surface area contributed by atoms with Gasteiger partial charge in [0.15, 0.2) is 0 Å². The molecule has 0 saturated heterocycles. The van der Waals surface area contributed by atoms with E-state index in [2.05, 4.69) is 16.2 Å². The van der Waals surface area contributed by atoms with Gasteiger partial charge in [-0.2, -0.15) is 5.10 Å². The van der Waals surface area contributed by atoms with Crippen LogP contribution in [0.1, 0.15) is 29.7 Å². The van der Waals surface area contributed by atoms with Crippen molar-refractivity contribution in [3.63, 3.8) is 0 Å². The highest BCUT2D eigenvalue weighted by molar-refractivity contribution is 5.26. The van der Waals surface area contributed by atoms with Crippen molar-refractivity contribution in [1.82, 2.24) is 14.7 Å². The summed E-state index contributed by atoms with van der Waals surface area (Å²) in [4.78, 5) is 2.35. The van der Waals surface area contributed by atoms with Crippen molar-refractivity contribution in [3.8, 4) is 0 Å². The molecule has 0 spiro atoms. The number of ether oxygens (including phenoxy) is 1. The minimum absolute atomic E-state index is 0.191. The van der Waals surface area contributed by atoms with Gasteiger partial charge in [-0.25, -0.2) is 4.39 Å². The van der Waals surface area contributed by atoms with E-state index in [1.165, 1.54) is 17.7 Å². The Kier molecular flexibility index (Phi) is 4.55. The molecular formula is C17H22FN3O. The first-order valence-corrected chi connectivity index (χ1v) is 7.72. The van der Waals surface area contributed by atoms with Crippen LogP contribution in [-0.4, -0.2) is 34.4 Å². The van der Waals surface area contributed by atoms with Crippen molar-refractivity contribution in [1.29, 1.82) is 0 Å². The van der Waals surface area contributed by atoms with Crippen LogP contribution in [0.5, 0.6) is 0 Å². The molecule has 1 aromatic heterocycles. The molecule has 1 aliphatic rings. The Labute approximate surface area is 130 Å². The fraction of sp³-hybridized carbons (Fsp3) is 0.471. The number of halogens is 1. The van der Waals surface area contributed by atoms with Gasteiger partial charge in [-0.1, -0.05) is 12.1 Å². The van der Waals surface area contributed by atoms with E-state index in [0.29, 0.717) is 5.92 Å². The van der Waals surface area contributed by atoms with E-state index < -0.39 is 0 Å². The third-order valence-corrected chi connectivity index (χ3v) is 4.07. The van der Waals surface area contributed by atoms with Crippen LogP contribution in [0.4, 0.5) is 4.39 Å². The number of nitrogens with zero attached hydrogens (tertiary/aromatic N) is 3. The van der Waals surface area contributed by atoms with E-state index >= 15 is 0 Å². The monoisotopic (exact) mass is 303 g/mol. The Morgan fingerprint density at radius 2 is 2.09 bits per heavy atom. The van der Waals surface area contributed by atoms with Gasteiger partial charge < -0.3 is 4.74 Å². The molecule has 2 heterocycles. The molecular weight excluding hydrogens is 281 g/mol. The van der Waals surface area contributed by atoms with Gasteiger partial charge in [0, 0.05) is 51.0 Å². The van der Waals surface area contributed by atoms with Crippen LogP contribution in [0.15, 0.2) is 30.5 Å². The average Bonchev–Trinajstić information content (AvgIpc) is 2.87. The minimum Gasteiger partial charge on any atom is -0.381 e. The molecule has 118 valence electrons. The summed E-state index contributed by atoms with van der Waals surface area (Å²) in [7, 11) is 1.96. The maximum atomic E-state index is 13.0. The first-order chi connectivity index (χ1) is 10.7. The smallest absolute Gasteiger partial charge is 0.123 e. The molecule has 1 aliphatic heterocycles. The largest absolute Gasteiger partial charge is 0.381 e. The van der Waals surface area contributed by atoms with Crippen LogP contribution in [0.3, 0.4) is 0 Å². The standard InChI is InChI=1S/C17H22FN3O/c1-3-22-12-14-9-21(8-13-4-6-15(18)7-5-13)11-17-16(14)10-20(2)19-17/h4-7,10,14H,3,8-9,11-12H2,1-2H3/t14-/m1/s1. The third kappa shape index (κ3) is 3.36. The fourth-order valence-corrected chi connectivity index (χ4v) is 3.07. The van der Waals surface area contributed by atoms with Crippen LogP contribution < -0.4 is 0 Å². The Hall–Kier alpha value is -1.72. The van der Waals surface area contributed by atoms with Crippen molar-refractivity contribution < 1.29 is 9.13 Å². The summed E-state index contributed by atoms with van der Waals surface area (Å²) in [6.07, 6.45) is 2.11. The zero-order chi connectivity index (χ0) is 15.5. The molecule has 0 unspecified atom stereocenters. The summed E-state index contributed by atoms with van der Waals surface area (Å²) in [6, 6.07) is 6.73. The van der Waals surface area contributed by atoms with E-state index in [9.17, 15) is 4.39 Å². The minimum atomic E-state index is -0.191. The summed E-state index contributed by atoms with van der Waals surface area (Å²) in [5, 5.41) is 4.57.